The summed E-state index contributed by atoms with van der Waals surface area (Å²) in [5.41, 5.74) is 5.29. The molecule has 0 aliphatic rings. The molecule has 0 bridgehead atoms. The highest BCUT2D eigenvalue weighted by Gasteiger charge is 1.96. The average molecular weight is 197 g/mol. The quantitative estimate of drug-likeness (QED) is 0.740. The predicted octanol–water partition coefficient (Wildman–Crippen LogP) is 1.36. The minimum absolute atomic E-state index is 0.252. The number of benzene rings is 1. The molecule has 70 valence electrons. The van der Waals surface area contributed by atoms with Crippen LogP contribution in [0.5, 0.6) is 11.5 Å². The lowest BCUT2D eigenvalue weighted by Crippen LogP contribution is -2.17. The number of nitrogens with two attached hydrogens (primary N) is 1. The lowest BCUT2D eigenvalue weighted by Gasteiger charge is -2.05. The van der Waals surface area contributed by atoms with Crippen LogP contribution in [-0.2, 0) is 0 Å². The summed E-state index contributed by atoms with van der Waals surface area (Å²) >= 11 is 4.68. The molecule has 1 aromatic rings. The Morgan fingerprint density at radius 3 is 2.77 bits per heavy atom. The molecule has 0 unspecified atom stereocenters. The molecule has 13 heavy (non-hydrogen) atoms. The molecule has 3 nitrogen and oxygen atoms in total. The second kappa shape index (κ2) is 4.67. The third-order valence-electron chi connectivity index (χ3n) is 1.42. The van der Waals surface area contributed by atoms with Crippen molar-refractivity contribution in [1.82, 2.24) is 0 Å². The highest BCUT2D eigenvalue weighted by molar-refractivity contribution is 7.80. The first-order valence-corrected chi connectivity index (χ1v) is 4.18. The van der Waals surface area contributed by atoms with Crippen molar-refractivity contribution in [3.63, 3.8) is 0 Å². The maximum absolute atomic E-state index is 5.29. The fourth-order valence-electron chi connectivity index (χ4n) is 0.845. The van der Waals surface area contributed by atoms with Crippen molar-refractivity contribution in [2.45, 2.75) is 0 Å². The van der Waals surface area contributed by atoms with Crippen LogP contribution in [0.25, 0.3) is 0 Å². The largest absolute Gasteiger partial charge is 0.497 e. The fraction of sp³-hybridized carbons (Fsp3) is 0.222. The molecule has 0 fully saturated rings. The summed E-state index contributed by atoms with van der Waals surface area (Å²) in [5, 5.41) is 0. The van der Waals surface area contributed by atoms with E-state index in [0.717, 1.165) is 5.75 Å². The summed E-state index contributed by atoms with van der Waals surface area (Å²) in [7, 11) is 1.60. The van der Waals surface area contributed by atoms with Gasteiger partial charge in [0.25, 0.3) is 0 Å². The van der Waals surface area contributed by atoms with E-state index in [0.29, 0.717) is 10.7 Å². The Hall–Kier alpha value is -1.29. The highest BCUT2D eigenvalue weighted by Crippen LogP contribution is 2.18. The normalized spacial score (nSPS) is 9.31. The van der Waals surface area contributed by atoms with E-state index in [4.69, 9.17) is 15.2 Å². The van der Waals surface area contributed by atoms with Gasteiger partial charge in [0, 0.05) is 6.07 Å². The van der Waals surface area contributed by atoms with Gasteiger partial charge in [-0.05, 0) is 12.1 Å². The maximum atomic E-state index is 5.29. The Labute approximate surface area is 82.5 Å². The topological polar surface area (TPSA) is 44.5 Å². The Balaban J connectivity index is 2.61. The first-order chi connectivity index (χ1) is 6.22. The SMILES string of the molecule is COc1cccc(OCC(N)=S)c1. The molecule has 0 amide bonds. The lowest BCUT2D eigenvalue weighted by atomic mass is 10.3. The zero-order valence-corrected chi connectivity index (χ0v) is 8.14. The Kier molecular flexibility index (Phi) is 3.52. The van der Waals surface area contributed by atoms with Gasteiger partial charge >= 0.3 is 0 Å². The Bertz CT molecular complexity index is 301. The van der Waals surface area contributed by atoms with E-state index in [-0.39, 0.29) is 6.61 Å². The molecule has 0 spiro atoms. The molecule has 0 heterocycles. The summed E-state index contributed by atoms with van der Waals surface area (Å²) in [4.78, 5) is 0.336. The van der Waals surface area contributed by atoms with Gasteiger partial charge < -0.3 is 15.2 Å². The molecular formula is C9H11NO2S. The van der Waals surface area contributed by atoms with Crippen LogP contribution in [0.1, 0.15) is 0 Å². The van der Waals surface area contributed by atoms with E-state index in [9.17, 15) is 0 Å². The van der Waals surface area contributed by atoms with Crippen molar-refractivity contribution in [2.24, 2.45) is 5.73 Å². The molecule has 0 aliphatic carbocycles. The van der Waals surface area contributed by atoms with Gasteiger partial charge in [-0.15, -0.1) is 0 Å². The number of hydrogen-bond acceptors (Lipinski definition) is 3. The van der Waals surface area contributed by atoms with E-state index in [2.05, 4.69) is 12.2 Å². The number of hydrogen-bond donors (Lipinski definition) is 1. The van der Waals surface area contributed by atoms with Crippen LogP contribution in [0.2, 0.25) is 0 Å². The molecule has 0 saturated heterocycles. The van der Waals surface area contributed by atoms with E-state index in [1.54, 1.807) is 13.2 Å². The van der Waals surface area contributed by atoms with Crippen LogP contribution in [0.15, 0.2) is 24.3 Å². The first kappa shape index (κ1) is 9.80. The second-order valence-corrected chi connectivity index (χ2v) is 2.96. The van der Waals surface area contributed by atoms with Crippen LogP contribution in [0, 0.1) is 0 Å². The van der Waals surface area contributed by atoms with Crippen molar-refractivity contribution in [3.8, 4) is 11.5 Å². The smallest absolute Gasteiger partial charge is 0.138 e. The van der Waals surface area contributed by atoms with Crippen LogP contribution < -0.4 is 15.2 Å². The molecule has 0 aromatic heterocycles. The monoisotopic (exact) mass is 197 g/mol. The predicted molar refractivity (Wildman–Crippen MR) is 55.3 cm³/mol. The standard InChI is InChI=1S/C9H11NO2S/c1-11-7-3-2-4-8(5-7)12-6-9(10)13/h2-5H,6H2,1H3,(H2,10,13). The first-order valence-electron chi connectivity index (χ1n) is 3.77. The van der Waals surface area contributed by atoms with Crippen molar-refractivity contribution in [1.29, 1.82) is 0 Å². The third-order valence-corrected chi connectivity index (χ3v) is 1.54. The Morgan fingerprint density at radius 1 is 1.46 bits per heavy atom. The number of thiocarbonyl (C=S) groups is 1. The van der Waals surface area contributed by atoms with Crippen LogP contribution in [0.3, 0.4) is 0 Å². The van der Waals surface area contributed by atoms with Gasteiger partial charge in [-0.1, -0.05) is 18.3 Å². The van der Waals surface area contributed by atoms with Crippen LogP contribution in [-0.4, -0.2) is 18.7 Å². The van der Waals surface area contributed by atoms with Gasteiger partial charge in [-0.3, -0.25) is 0 Å². The summed E-state index contributed by atoms with van der Waals surface area (Å²) in [6.45, 7) is 0.252. The minimum Gasteiger partial charge on any atom is -0.497 e. The zero-order chi connectivity index (χ0) is 9.68. The molecule has 0 saturated carbocycles. The van der Waals surface area contributed by atoms with Gasteiger partial charge in [-0.2, -0.15) is 0 Å². The molecule has 0 aliphatic heterocycles. The number of methoxy groups -OCH3 is 1. The van der Waals surface area contributed by atoms with Gasteiger partial charge in [-0.25, -0.2) is 0 Å². The van der Waals surface area contributed by atoms with Crippen molar-refractivity contribution in [3.05, 3.63) is 24.3 Å². The number of ether oxygens (including phenoxy) is 2. The van der Waals surface area contributed by atoms with Crippen LogP contribution >= 0.6 is 12.2 Å². The van der Waals surface area contributed by atoms with Gasteiger partial charge in [0.2, 0.25) is 0 Å². The highest BCUT2D eigenvalue weighted by atomic mass is 32.1. The molecule has 2 N–H and O–H groups in total. The molecule has 4 heteroatoms. The van der Waals surface area contributed by atoms with E-state index in [1.807, 2.05) is 18.2 Å². The summed E-state index contributed by atoms with van der Waals surface area (Å²) in [6.07, 6.45) is 0. The third kappa shape index (κ3) is 3.29. The Morgan fingerprint density at radius 2 is 2.15 bits per heavy atom. The summed E-state index contributed by atoms with van der Waals surface area (Å²) < 4.78 is 10.3. The average Bonchev–Trinajstić information content (AvgIpc) is 2.15. The van der Waals surface area contributed by atoms with Gasteiger partial charge in [0.05, 0.1) is 7.11 Å². The van der Waals surface area contributed by atoms with Crippen LogP contribution in [0.4, 0.5) is 0 Å². The van der Waals surface area contributed by atoms with Gasteiger partial charge in [0.1, 0.15) is 23.1 Å². The molecule has 1 rings (SSSR count). The van der Waals surface area contributed by atoms with E-state index < -0.39 is 0 Å². The van der Waals surface area contributed by atoms with Gasteiger partial charge in [0.15, 0.2) is 0 Å². The van der Waals surface area contributed by atoms with E-state index in [1.165, 1.54) is 0 Å². The van der Waals surface area contributed by atoms with E-state index >= 15 is 0 Å². The molecule has 0 radical (unpaired) electrons. The fourth-order valence-corrected chi connectivity index (χ4v) is 0.904. The van der Waals surface area contributed by atoms with Crippen molar-refractivity contribution >= 4 is 17.2 Å². The van der Waals surface area contributed by atoms with Crippen molar-refractivity contribution in [2.75, 3.05) is 13.7 Å². The zero-order valence-electron chi connectivity index (χ0n) is 7.32. The molecule has 0 atom stereocenters. The molecular weight excluding hydrogens is 186 g/mol. The van der Waals surface area contributed by atoms with Crippen molar-refractivity contribution < 1.29 is 9.47 Å². The lowest BCUT2D eigenvalue weighted by molar-refractivity contribution is 0.369. The second-order valence-electron chi connectivity index (χ2n) is 2.43. The summed E-state index contributed by atoms with van der Waals surface area (Å²) in [6, 6.07) is 7.28. The summed E-state index contributed by atoms with van der Waals surface area (Å²) in [5.74, 6) is 1.45. The maximum Gasteiger partial charge on any atom is 0.138 e. The number of rotatable bonds is 4. The molecule has 1 aromatic carbocycles. The minimum atomic E-state index is 0.252.